The molecule has 0 bridgehead atoms. The maximum Gasteiger partial charge on any atom is 0.227 e. The Morgan fingerprint density at radius 3 is 2.61 bits per heavy atom. The standard InChI is InChI=1S/C30H39ClFN9O3S.ClH/c1-17-28(37-20(15-42)27(36-17)40-12-7-30(8-13-40)16-44-18(2)25(30)33)45-22-4-9-34-26(24(22)31)38-23-5-10-35-29(39-23)41-11-6-21(43-3)19(32)14-41;/h4-5,9-10,18-19,21,25,42H,6-8,11-16,33H2,1-3H3,(H,34,35,38,39);1H/t18-,19-,21+,25+;/m0./s1. The fourth-order valence-corrected chi connectivity index (χ4v) is 7.48. The van der Waals surface area contributed by atoms with Gasteiger partial charge in [0.2, 0.25) is 5.95 Å². The number of ether oxygens (including phenoxy) is 2. The van der Waals surface area contributed by atoms with Gasteiger partial charge in [0.05, 0.1) is 42.7 Å². The number of alkyl halides is 1. The van der Waals surface area contributed by atoms with E-state index in [1.807, 2.05) is 13.8 Å². The van der Waals surface area contributed by atoms with Crippen molar-refractivity contribution in [3.63, 3.8) is 0 Å². The molecule has 46 heavy (non-hydrogen) atoms. The lowest BCUT2D eigenvalue weighted by molar-refractivity contribution is 0.0194. The normalized spacial score (nSPS) is 24.2. The van der Waals surface area contributed by atoms with Crippen LogP contribution < -0.4 is 20.9 Å². The van der Waals surface area contributed by atoms with Crippen LogP contribution in [-0.4, -0.2) is 94.3 Å². The number of methoxy groups -OCH3 is 1. The largest absolute Gasteiger partial charge is 0.390 e. The molecular formula is C30H40Cl2FN9O3S. The van der Waals surface area contributed by atoms with Crippen molar-refractivity contribution >= 4 is 59.2 Å². The van der Waals surface area contributed by atoms with Gasteiger partial charge in [-0.3, -0.25) is 0 Å². The molecule has 3 aromatic rings. The van der Waals surface area contributed by atoms with Crippen LogP contribution in [0.2, 0.25) is 5.02 Å². The van der Waals surface area contributed by atoms with Crippen LogP contribution in [0.25, 0.3) is 0 Å². The third kappa shape index (κ3) is 6.98. The lowest BCUT2D eigenvalue weighted by Crippen LogP contribution is -2.51. The van der Waals surface area contributed by atoms with Crippen molar-refractivity contribution in [3.05, 3.63) is 40.9 Å². The van der Waals surface area contributed by atoms with Gasteiger partial charge in [-0.1, -0.05) is 23.4 Å². The molecular weight excluding hydrogens is 656 g/mol. The molecule has 0 radical (unpaired) electrons. The van der Waals surface area contributed by atoms with Crippen molar-refractivity contribution in [1.82, 2.24) is 24.9 Å². The molecule has 0 saturated carbocycles. The van der Waals surface area contributed by atoms with E-state index in [9.17, 15) is 9.50 Å². The van der Waals surface area contributed by atoms with Crippen molar-refractivity contribution in [2.75, 3.05) is 55.0 Å². The summed E-state index contributed by atoms with van der Waals surface area (Å²) in [5.74, 6) is 2.00. The highest BCUT2D eigenvalue weighted by Crippen LogP contribution is 2.43. The highest BCUT2D eigenvalue weighted by molar-refractivity contribution is 7.99. The van der Waals surface area contributed by atoms with Gasteiger partial charge in [0.1, 0.15) is 22.7 Å². The zero-order valence-corrected chi connectivity index (χ0v) is 28.4. The molecule has 3 saturated heterocycles. The molecule has 4 atom stereocenters. The maximum absolute atomic E-state index is 14.5. The fourth-order valence-electron chi connectivity index (χ4n) is 6.34. The third-order valence-corrected chi connectivity index (χ3v) is 10.8. The second-order valence-electron chi connectivity index (χ2n) is 11.9. The van der Waals surface area contributed by atoms with E-state index in [1.165, 1.54) is 18.9 Å². The molecule has 0 aromatic carbocycles. The molecule has 0 unspecified atom stereocenters. The summed E-state index contributed by atoms with van der Waals surface area (Å²) >= 11 is 8.17. The number of aryl methyl sites for hydroxylation is 1. The molecule has 6 rings (SSSR count). The van der Waals surface area contributed by atoms with E-state index in [2.05, 4.69) is 25.2 Å². The van der Waals surface area contributed by atoms with E-state index >= 15 is 0 Å². The molecule has 3 aromatic heterocycles. The van der Waals surface area contributed by atoms with Gasteiger partial charge >= 0.3 is 0 Å². The number of hydrogen-bond donors (Lipinski definition) is 3. The van der Waals surface area contributed by atoms with Crippen LogP contribution in [0, 0.1) is 12.3 Å². The molecule has 6 heterocycles. The number of nitrogens with one attached hydrogen (secondary N) is 1. The highest BCUT2D eigenvalue weighted by Gasteiger charge is 2.47. The van der Waals surface area contributed by atoms with Gasteiger partial charge < -0.3 is 35.4 Å². The molecule has 12 nitrogen and oxygen atoms in total. The summed E-state index contributed by atoms with van der Waals surface area (Å²) < 4.78 is 25.6. The zero-order valence-electron chi connectivity index (χ0n) is 26.0. The molecule has 0 aliphatic carbocycles. The minimum absolute atomic E-state index is 0. The van der Waals surface area contributed by atoms with Gasteiger partial charge in [-0.2, -0.15) is 4.98 Å². The molecule has 4 N–H and O–H groups in total. The second kappa shape index (κ2) is 14.7. The lowest BCUT2D eigenvalue weighted by Gasteiger charge is -2.42. The molecule has 3 fully saturated rings. The van der Waals surface area contributed by atoms with Crippen LogP contribution in [0.3, 0.4) is 0 Å². The van der Waals surface area contributed by atoms with Crippen LogP contribution in [0.15, 0.2) is 34.4 Å². The van der Waals surface area contributed by atoms with Crippen LogP contribution >= 0.6 is 35.8 Å². The number of rotatable bonds is 8. The van der Waals surface area contributed by atoms with Crippen molar-refractivity contribution in [2.24, 2.45) is 11.1 Å². The summed E-state index contributed by atoms with van der Waals surface area (Å²) in [6.45, 7) is 6.68. The summed E-state index contributed by atoms with van der Waals surface area (Å²) in [5, 5.41) is 14.5. The average molecular weight is 697 g/mol. The van der Waals surface area contributed by atoms with E-state index in [0.717, 1.165) is 31.6 Å². The molecule has 1 spiro atoms. The van der Waals surface area contributed by atoms with Crippen molar-refractivity contribution < 1.29 is 19.0 Å². The Balaban J connectivity index is 0.00000417. The number of hydrogen-bond acceptors (Lipinski definition) is 13. The summed E-state index contributed by atoms with van der Waals surface area (Å²) in [6, 6.07) is 3.53. The number of halogens is 3. The Morgan fingerprint density at radius 2 is 1.93 bits per heavy atom. The smallest absolute Gasteiger partial charge is 0.227 e. The summed E-state index contributed by atoms with van der Waals surface area (Å²) in [6.07, 6.45) is 4.13. The number of aromatic nitrogens is 5. The van der Waals surface area contributed by atoms with Gasteiger partial charge in [-0.15, -0.1) is 12.4 Å². The number of piperidine rings is 2. The van der Waals surface area contributed by atoms with E-state index in [0.29, 0.717) is 63.6 Å². The summed E-state index contributed by atoms with van der Waals surface area (Å²) in [7, 11) is 1.53. The summed E-state index contributed by atoms with van der Waals surface area (Å²) in [5.41, 5.74) is 7.74. The van der Waals surface area contributed by atoms with Crippen LogP contribution in [0.4, 0.5) is 27.8 Å². The SMILES string of the molecule is CO[C@@H]1CCN(c2nccc(Nc3nccc(Sc4nc(CO)c(N5CCC6(CC5)CO[C@@H](C)[C@H]6N)nc4C)c3Cl)n2)C[C@@H]1F.Cl. The molecule has 0 amide bonds. The Labute approximate surface area is 283 Å². The number of nitrogens with two attached hydrogens (primary N) is 1. The van der Waals surface area contributed by atoms with Crippen molar-refractivity contribution in [3.8, 4) is 0 Å². The van der Waals surface area contributed by atoms with E-state index in [1.54, 1.807) is 29.4 Å². The molecule has 3 aliphatic heterocycles. The molecule has 3 aliphatic rings. The van der Waals surface area contributed by atoms with Crippen LogP contribution in [-0.2, 0) is 16.1 Å². The van der Waals surface area contributed by atoms with Gasteiger partial charge in [0.25, 0.3) is 0 Å². The lowest BCUT2D eigenvalue weighted by atomic mass is 9.73. The van der Waals surface area contributed by atoms with E-state index < -0.39 is 12.3 Å². The van der Waals surface area contributed by atoms with Gasteiger partial charge in [0.15, 0.2) is 11.6 Å². The van der Waals surface area contributed by atoms with Crippen molar-refractivity contribution in [1.29, 1.82) is 0 Å². The number of anilines is 4. The Bertz CT molecular complexity index is 1520. The van der Waals surface area contributed by atoms with Gasteiger partial charge in [-0.05, 0) is 45.2 Å². The average Bonchev–Trinajstić information content (AvgIpc) is 3.32. The quantitative estimate of drug-likeness (QED) is 0.307. The first-order valence-corrected chi connectivity index (χ1v) is 16.4. The number of pyridine rings is 1. The minimum atomic E-state index is -1.12. The third-order valence-electron chi connectivity index (χ3n) is 9.15. The molecule has 250 valence electrons. The minimum Gasteiger partial charge on any atom is -0.390 e. The van der Waals surface area contributed by atoms with Crippen LogP contribution in [0.1, 0.15) is 37.6 Å². The first-order valence-electron chi connectivity index (χ1n) is 15.2. The van der Waals surface area contributed by atoms with Gasteiger partial charge in [0, 0.05) is 55.5 Å². The zero-order chi connectivity index (χ0) is 31.7. The molecule has 16 heteroatoms. The Kier molecular flexibility index (Phi) is 11.1. The predicted molar refractivity (Wildman–Crippen MR) is 178 cm³/mol. The fraction of sp³-hybridized carbons (Fsp3) is 0.567. The highest BCUT2D eigenvalue weighted by atomic mass is 35.5. The second-order valence-corrected chi connectivity index (χ2v) is 13.3. The first kappa shape index (κ1) is 34.7. The Hall–Kier alpha value is -2.59. The Morgan fingerprint density at radius 1 is 1.17 bits per heavy atom. The van der Waals surface area contributed by atoms with E-state index in [4.69, 9.17) is 36.8 Å². The van der Waals surface area contributed by atoms with Crippen LogP contribution in [0.5, 0.6) is 0 Å². The number of aliphatic hydroxyl groups excluding tert-OH is 1. The summed E-state index contributed by atoms with van der Waals surface area (Å²) in [4.78, 5) is 27.7. The number of aliphatic hydroxyl groups is 1. The van der Waals surface area contributed by atoms with E-state index in [-0.39, 0.29) is 43.1 Å². The first-order chi connectivity index (χ1) is 21.7. The topological polar surface area (TPSA) is 148 Å². The predicted octanol–water partition coefficient (Wildman–Crippen LogP) is 4.33. The maximum atomic E-state index is 14.5. The van der Waals surface area contributed by atoms with Gasteiger partial charge in [-0.25, -0.2) is 24.3 Å². The number of nitrogens with zero attached hydrogens (tertiary/aromatic N) is 7. The monoisotopic (exact) mass is 695 g/mol. The van der Waals surface area contributed by atoms with Crippen molar-refractivity contribution in [2.45, 2.75) is 74.1 Å².